The molecule has 0 saturated carbocycles. The van der Waals surface area contributed by atoms with Crippen molar-refractivity contribution in [1.29, 1.82) is 0 Å². The first kappa shape index (κ1) is 15.4. The molecular weight excluding hydrogens is 306 g/mol. The minimum atomic E-state index is -0.0325. The second-order valence-electron chi connectivity index (χ2n) is 5.33. The van der Waals surface area contributed by atoms with Crippen molar-refractivity contribution in [2.45, 2.75) is 19.9 Å². The molecule has 0 aliphatic heterocycles. The van der Waals surface area contributed by atoms with E-state index in [0.717, 1.165) is 21.8 Å². The van der Waals surface area contributed by atoms with Crippen molar-refractivity contribution in [1.82, 2.24) is 15.3 Å². The molecular formula is C18H17N3OS. The number of hydrogen-bond acceptors (Lipinski definition) is 4. The summed E-state index contributed by atoms with van der Waals surface area (Å²) in [7, 11) is 0. The van der Waals surface area contributed by atoms with Gasteiger partial charge in [-0.05, 0) is 24.6 Å². The fraction of sp³-hybridized carbons (Fsp3) is 0.167. The third-order valence-corrected chi connectivity index (χ3v) is 4.31. The van der Waals surface area contributed by atoms with E-state index in [1.165, 1.54) is 5.56 Å². The lowest BCUT2D eigenvalue weighted by Crippen LogP contribution is -2.24. The lowest BCUT2D eigenvalue weighted by Gasteiger charge is -2.03. The number of carbonyl (C=O) groups excluding carboxylic acids is 1. The molecule has 116 valence electrons. The molecule has 0 spiro atoms. The van der Waals surface area contributed by atoms with Crippen LogP contribution in [0.4, 0.5) is 0 Å². The molecule has 0 aliphatic carbocycles. The van der Waals surface area contributed by atoms with Crippen molar-refractivity contribution in [2.75, 3.05) is 0 Å². The van der Waals surface area contributed by atoms with Gasteiger partial charge in [0.25, 0.3) is 0 Å². The number of carbonyl (C=O) groups is 1. The first-order valence-corrected chi connectivity index (χ1v) is 8.26. The quantitative estimate of drug-likeness (QED) is 0.783. The van der Waals surface area contributed by atoms with Crippen LogP contribution in [-0.4, -0.2) is 15.9 Å². The summed E-state index contributed by atoms with van der Waals surface area (Å²) in [6.45, 7) is 2.55. The molecule has 0 aliphatic rings. The molecule has 3 aromatic rings. The Labute approximate surface area is 139 Å². The molecule has 0 unspecified atom stereocenters. The molecule has 4 nitrogen and oxygen atoms in total. The average Bonchev–Trinajstić information content (AvgIpc) is 3.02. The number of thiazole rings is 1. The Hall–Kier alpha value is -2.53. The predicted molar refractivity (Wildman–Crippen MR) is 92.1 cm³/mol. The molecule has 1 aromatic carbocycles. The molecule has 0 saturated heterocycles. The fourth-order valence-electron chi connectivity index (χ4n) is 2.23. The third kappa shape index (κ3) is 4.23. The first-order chi connectivity index (χ1) is 11.2. The van der Waals surface area contributed by atoms with E-state index in [-0.39, 0.29) is 5.91 Å². The Morgan fingerprint density at radius 3 is 2.96 bits per heavy atom. The van der Waals surface area contributed by atoms with Gasteiger partial charge in [-0.3, -0.25) is 9.78 Å². The summed E-state index contributed by atoms with van der Waals surface area (Å²) < 4.78 is 0. The highest BCUT2D eigenvalue weighted by molar-refractivity contribution is 7.13. The van der Waals surface area contributed by atoms with E-state index in [0.29, 0.717) is 13.0 Å². The van der Waals surface area contributed by atoms with E-state index < -0.39 is 0 Å². The van der Waals surface area contributed by atoms with Crippen LogP contribution < -0.4 is 5.32 Å². The molecule has 0 fully saturated rings. The molecule has 0 bridgehead atoms. The molecule has 2 aromatic heterocycles. The van der Waals surface area contributed by atoms with Gasteiger partial charge in [-0.15, -0.1) is 11.3 Å². The molecule has 5 heteroatoms. The SMILES string of the molecule is Cc1cccc(-c2nc(CC(=O)NCc3cccnc3)cs2)c1. The van der Waals surface area contributed by atoms with Gasteiger partial charge < -0.3 is 5.32 Å². The largest absolute Gasteiger partial charge is 0.352 e. The van der Waals surface area contributed by atoms with Gasteiger partial charge >= 0.3 is 0 Å². The van der Waals surface area contributed by atoms with Crippen molar-refractivity contribution in [3.63, 3.8) is 0 Å². The molecule has 0 radical (unpaired) electrons. The van der Waals surface area contributed by atoms with Crippen LogP contribution in [0.1, 0.15) is 16.8 Å². The summed E-state index contributed by atoms with van der Waals surface area (Å²) >= 11 is 1.57. The normalized spacial score (nSPS) is 10.5. The second-order valence-corrected chi connectivity index (χ2v) is 6.19. The van der Waals surface area contributed by atoms with E-state index in [4.69, 9.17) is 0 Å². The molecule has 1 amide bonds. The highest BCUT2D eigenvalue weighted by Gasteiger charge is 2.09. The third-order valence-electron chi connectivity index (χ3n) is 3.37. The van der Waals surface area contributed by atoms with Crippen LogP contribution in [0.3, 0.4) is 0 Å². The van der Waals surface area contributed by atoms with Crippen molar-refractivity contribution in [3.8, 4) is 10.6 Å². The van der Waals surface area contributed by atoms with E-state index in [9.17, 15) is 4.79 Å². The highest BCUT2D eigenvalue weighted by Crippen LogP contribution is 2.24. The van der Waals surface area contributed by atoms with Gasteiger partial charge in [0.15, 0.2) is 0 Å². The molecule has 3 rings (SSSR count). The Balaban J connectivity index is 1.59. The lowest BCUT2D eigenvalue weighted by molar-refractivity contribution is -0.120. The fourth-order valence-corrected chi connectivity index (χ4v) is 3.05. The van der Waals surface area contributed by atoms with Crippen molar-refractivity contribution < 1.29 is 4.79 Å². The van der Waals surface area contributed by atoms with E-state index in [2.05, 4.69) is 34.3 Å². The standard InChI is InChI=1S/C18H17N3OS/c1-13-4-2-6-15(8-13)18-21-16(12-23-18)9-17(22)20-11-14-5-3-7-19-10-14/h2-8,10,12H,9,11H2,1H3,(H,20,22). The van der Waals surface area contributed by atoms with Crippen molar-refractivity contribution >= 4 is 17.2 Å². The van der Waals surface area contributed by atoms with Crippen LogP contribution >= 0.6 is 11.3 Å². The van der Waals surface area contributed by atoms with Gasteiger partial charge in [0.2, 0.25) is 5.91 Å². The van der Waals surface area contributed by atoms with Crippen molar-refractivity contribution in [2.24, 2.45) is 0 Å². The van der Waals surface area contributed by atoms with Gasteiger partial charge in [0.1, 0.15) is 5.01 Å². The predicted octanol–water partition coefficient (Wildman–Crippen LogP) is 3.37. The number of aryl methyl sites for hydroxylation is 1. The second kappa shape index (κ2) is 7.15. The Bertz CT molecular complexity index is 799. The highest BCUT2D eigenvalue weighted by atomic mass is 32.1. The summed E-state index contributed by atoms with van der Waals surface area (Å²) in [4.78, 5) is 20.6. The van der Waals surface area contributed by atoms with E-state index in [1.807, 2.05) is 29.6 Å². The summed E-state index contributed by atoms with van der Waals surface area (Å²) in [5, 5.41) is 5.78. The first-order valence-electron chi connectivity index (χ1n) is 7.38. The number of hydrogen-bond donors (Lipinski definition) is 1. The summed E-state index contributed by atoms with van der Waals surface area (Å²) in [6, 6.07) is 12.0. The van der Waals surface area contributed by atoms with Gasteiger partial charge in [0.05, 0.1) is 12.1 Å². The maximum absolute atomic E-state index is 12.0. The number of rotatable bonds is 5. The van der Waals surface area contributed by atoms with Gasteiger partial charge in [-0.25, -0.2) is 4.98 Å². The minimum Gasteiger partial charge on any atom is -0.352 e. The topological polar surface area (TPSA) is 54.9 Å². The zero-order chi connectivity index (χ0) is 16.1. The number of amides is 1. The minimum absolute atomic E-state index is 0.0325. The van der Waals surface area contributed by atoms with Crippen LogP contribution in [0, 0.1) is 6.92 Å². The summed E-state index contributed by atoms with van der Waals surface area (Å²) in [5.41, 5.74) is 4.08. The molecule has 23 heavy (non-hydrogen) atoms. The van der Waals surface area contributed by atoms with Gasteiger partial charge in [-0.1, -0.05) is 29.8 Å². The zero-order valence-corrected chi connectivity index (χ0v) is 13.6. The molecule has 0 atom stereocenters. The van der Waals surface area contributed by atoms with Gasteiger partial charge in [-0.2, -0.15) is 0 Å². The average molecular weight is 323 g/mol. The number of nitrogens with one attached hydrogen (secondary N) is 1. The van der Waals surface area contributed by atoms with Gasteiger partial charge in [0, 0.05) is 29.9 Å². The number of nitrogens with zero attached hydrogens (tertiary/aromatic N) is 2. The van der Waals surface area contributed by atoms with Crippen LogP contribution in [-0.2, 0) is 17.8 Å². The molecule has 1 N–H and O–H groups in total. The molecule has 2 heterocycles. The Morgan fingerprint density at radius 1 is 1.26 bits per heavy atom. The Kier molecular flexibility index (Phi) is 4.78. The Morgan fingerprint density at radius 2 is 2.17 bits per heavy atom. The summed E-state index contributed by atoms with van der Waals surface area (Å²) in [5.74, 6) is -0.0325. The zero-order valence-electron chi connectivity index (χ0n) is 12.8. The van der Waals surface area contributed by atoms with Crippen LogP contribution in [0.25, 0.3) is 10.6 Å². The monoisotopic (exact) mass is 323 g/mol. The van der Waals surface area contributed by atoms with E-state index in [1.54, 1.807) is 23.7 Å². The maximum atomic E-state index is 12.0. The van der Waals surface area contributed by atoms with E-state index >= 15 is 0 Å². The number of benzene rings is 1. The lowest BCUT2D eigenvalue weighted by atomic mass is 10.1. The summed E-state index contributed by atoms with van der Waals surface area (Å²) in [6.07, 6.45) is 3.76. The van der Waals surface area contributed by atoms with Crippen LogP contribution in [0.15, 0.2) is 54.2 Å². The smallest absolute Gasteiger partial charge is 0.226 e. The number of pyridine rings is 1. The van der Waals surface area contributed by atoms with Crippen LogP contribution in [0.2, 0.25) is 0 Å². The number of aromatic nitrogens is 2. The maximum Gasteiger partial charge on any atom is 0.226 e. The van der Waals surface area contributed by atoms with Crippen molar-refractivity contribution in [3.05, 3.63) is 71.0 Å². The van der Waals surface area contributed by atoms with Crippen LogP contribution in [0.5, 0.6) is 0 Å².